The second-order valence-electron chi connectivity index (χ2n) is 23.3. The first-order valence-electron chi connectivity index (χ1n) is 24.5. The summed E-state index contributed by atoms with van der Waals surface area (Å²) in [5.74, 6) is 0. The standard InChI is InChI=1S/C60H70BN3/c1-13-14-18-40-21-28-44(29-22-40)63-52-20-17-19-51-55(52)61(48-37-43(58(8,9)10)27-34-50(48)62(51)45-30-23-41(24-31-45)56(2,3)4)49-38-47-53(39-54(49)63)64(60(12)36-16-15-35-59(47,60)11)46-32-25-42(26-33-46)57(5,6)7/h17,19-34,37-39H,13-16,18,35-36H2,1-12H3. The van der Waals surface area contributed by atoms with Crippen LogP contribution >= 0.6 is 0 Å². The Labute approximate surface area is 386 Å². The summed E-state index contributed by atoms with van der Waals surface area (Å²) in [4.78, 5) is 7.97. The van der Waals surface area contributed by atoms with Crippen LogP contribution in [-0.4, -0.2) is 12.3 Å². The van der Waals surface area contributed by atoms with Crippen molar-refractivity contribution < 1.29 is 0 Å². The molecule has 328 valence electrons. The molecule has 2 unspecified atom stereocenters. The Bertz CT molecular complexity index is 2740. The van der Waals surface area contributed by atoms with Crippen molar-refractivity contribution >= 4 is 68.6 Å². The lowest BCUT2D eigenvalue weighted by Crippen LogP contribution is -2.61. The Morgan fingerprint density at radius 2 is 1.03 bits per heavy atom. The van der Waals surface area contributed by atoms with E-state index in [4.69, 9.17) is 0 Å². The molecule has 1 aliphatic carbocycles. The average Bonchev–Trinajstić information content (AvgIpc) is 3.46. The first kappa shape index (κ1) is 42.7. The van der Waals surface area contributed by atoms with Crippen LogP contribution in [0.1, 0.15) is 149 Å². The third-order valence-electron chi connectivity index (χ3n) is 16.1. The summed E-state index contributed by atoms with van der Waals surface area (Å²) in [6.07, 6.45) is 8.38. The lowest BCUT2D eigenvalue weighted by Gasteiger charge is -2.50. The van der Waals surface area contributed by atoms with Gasteiger partial charge in [0.15, 0.2) is 0 Å². The predicted molar refractivity (Wildman–Crippen MR) is 278 cm³/mol. The highest BCUT2D eigenvalue weighted by molar-refractivity contribution is 7.00. The smallest absolute Gasteiger partial charge is 0.252 e. The second kappa shape index (κ2) is 14.9. The topological polar surface area (TPSA) is 9.72 Å². The predicted octanol–water partition coefficient (Wildman–Crippen LogP) is 14.7. The van der Waals surface area contributed by atoms with E-state index >= 15 is 0 Å². The van der Waals surface area contributed by atoms with Gasteiger partial charge in [0, 0.05) is 50.9 Å². The van der Waals surface area contributed by atoms with Crippen molar-refractivity contribution in [2.45, 2.75) is 155 Å². The number of aryl methyl sites for hydroxylation is 1. The highest BCUT2D eigenvalue weighted by Crippen LogP contribution is 2.62. The Balaban J connectivity index is 1.26. The highest BCUT2D eigenvalue weighted by atomic mass is 15.3. The molecule has 4 aliphatic rings. The summed E-state index contributed by atoms with van der Waals surface area (Å²) in [6.45, 7) is 28.5. The van der Waals surface area contributed by atoms with E-state index in [0.29, 0.717) is 0 Å². The third kappa shape index (κ3) is 6.59. The van der Waals surface area contributed by atoms with Crippen molar-refractivity contribution in [1.29, 1.82) is 0 Å². The van der Waals surface area contributed by atoms with Crippen molar-refractivity contribution in [3.63, 3.8) is 0 Å². The molecule has 3 heterocycles. The number of anilines is 8. The molecule has 64 heavy (non-hydrogen) atoms. The molecule has 6 aromatic carbocycles. The molecule has 1 fully saturated rings. The van der Waals surface area contributed by atoms with E-state index in [1.807, 2.05) is 0 Å². The molecule has 10 rings (SSSR count). The molecule has 3 nitrogen and oxygen atoms in total. The third-order valence-corrected chi connectivity index (χ3v) is 16.1. The first-order valence-corrected chi connectivity index (χ1v) is 24.5. The van der Waals surface area contributed by atoms with Gasteiger partial charge in [-0.1, -0.05) is 156 Å². The molecule has 0 amide bonds. The summed E-state index contributed by atoms with van der Waals surface area (Å²) in [7, 11) is 0. The second-order valence-corrected chi connectivity index (χ2v) is 23.3. The lowest BCUT2D eigenvalue weighted by molar-refractivity contribution is 0.195. The first-order chi connectivity index (χ1) is 30.3. The van der Waals surface area contributed by atoms with Gasteiger partial charge in [0.2, 0.25) is 0 Å². The van der Waals surface area contributed by atoms with E-state index in [1.54, 1.807) is 0 Å². The number of rotatable bonds is 6. The van der Waals surface area contributed by atoms with Crippen LogP contribution < -0.4 is 31.1 Å². The van der Waals surface area contributed by atoms with Crippen molar-refractivity contribution in [2.24, 2.45) is 0 Å². The van der Waals surface area contributed by atoms with Crippen molar-refractivity contribution in [1.82, 2.24) is 0 Å². The lowest BCUT2D eigenvalue weighted by atomic mass is 9.33. The van der Waals surface area contributed by atoms with Crippen molar-refractivity contribution in [2.75, 3.05) is 14.7 Å². The molecule has 6 aromatic rings. The van der Waals surface area contributed by atoms with E-state index in [0.717, 1.165) is 6.42 Å². The highest BCUT2D eigenvalue weighted by Gasteiger charge is 2.59. The van der Waals surface area contributed by atoms with Gasteiger partial charge < -0.3 is 14.7 Å². The Morgan fingerprint density at radius 1 is 0.516 bits per heavy atom. The average molecular weight is 844 g/mol. The molecule has 0 bridgehead atoms. The SMILES string of the molecule is CCCCc1ccc(N2c3cc4c(cc3B3c5cc(C(C)(C)C)ccc5N(c5ccc(C(C)(C)C)cc5)c5cccc2c53)C2(C)CCCCC2(C)N4c2ccc(C(C)(C)C)cc2)cc1. The zero-order valence-electron chi connectivity index (χ0n) is 40.9. The summed E-state index contributed by atoms with van der Waals surface area (Å²) in [6, 6.07) is 48.4. The van der Waals surface area contributed by atoms with Gasteiger partial charge in [0.1, 0.15) is 0 Å². The Kier molecular flexibility index (Phi) is 9.95. The van der Waals surface area contributed by atoms with Gasteiger partial charge in [-0.25, -0.2) is 0 Å². The molecular formula is C60H70BN3. The number of fused-ring (bicyclic) bond motifs is 7. The van der Waals surface area contributed by atoms with Crippen molar-refractivity contribution in [3.8, 4) is 0 Å². The van der Waals surface area contributed by atoms with Crippen LogP contribution in [0.5, 0.6) is 0 Å². The number of hydrogen-bond donors (Lipinski definition) is 0. The van der Waals surface area contributed by atoms with Gasteiger partial charge >= 0.3 is 0 Å². The van der Waals surface area contributed by atoms with Gasteiger partial charge in [0.25, 0.3) is 6.71 Å². The summed E-state index contributed by atoms with van der Waals surface area (Å²) < 4.78 is 0. The quantitative estimate of drug-likeness (QED) is 0.154. The number of nitrogens with zero attached hydrogens (tertiary/aromatic N) is 3. The molecule has 0 saturated heterocycles. The molecule has 0 aromatic heterocycles. The molecule has 4 heteroatoms. The fourth-order valence-corrected chi connectivity index (χ4v) is 12.0. The fraction of sp³-hybridized carbons (Fsp3) is 0.400. The van der Waals surface area contributed by atoms with Crippen LogP contribution in [0.15, 0.2) is 121 Å². The van der Waals surface area contributed by atoms with Crippen LogP contribution in [-0.2, 0) is 28.1 Å². The van der Waals surface area contributed by atoms with Gasteiger partial charge in [-0.15, -0.1) is 0 Å². The van der Waals surface area contributed by atoms with E-state index in [2.05, 4.69) is 219 Å². The molecule has 2 atom stereocenters. The van der Waals surface area contributed by atoms with Gasteiger partial charge in [-0.05, 0) is 154 Å². The van der Waals surface area contributed by atoms with Crippen LogP contribution in [0.2, 0.25) is 0 Å². The van der Waals surface area contributed by atoms with Crippen LogP contribution in [0, 0.1) is 0 Å². The minimum absolute atomic E-state index is 0.00453. The number of hydrogen-bond acceptors (Lipinski definition) is 3. The zero-order chi connectivity index (χ0) is 45.1. The molecule has 0 radical (unpaired) electrons. The maximum Gasteiger partial charge on any atom is 0.252 e. The molecule has 0 N–H and O–H groups in total. The maximum absolute atomic E-state index is 2.78. The monoisotopic (exact) mass is 844 g/mol. The Hall–Kier alpha value is -5.22. The van der Waals surface area contributed by atoms with Gasteiger partial charge in [-0.2, -0.15) is 0 Å². The minimum atomic E-state index is -0.0650. The number of benzene rings is 6. The van der Waals surface area contributed by atoms with E-state index in [9.17, 15) is 0 Å². The summed E-state index contributed by atoms with van der Waals surface area (Å²) in [5, 5.41) is 0. The van der Waals surface area contributed by atoms with Crippen LogP contribution in [0.3, 0.4) is 0 Å². The largest absolute Gasteiger partial charge is 0.334 e. The van der Waals surface area contributed by atoms with Gasteiger partial charge in [-0.3, -0.25) is 0 Å². The van der Waals surface area contributed by atoms with E-state index in [-0.39, 0.29) is 33.9 Å². The minimum Gasteiger partial charge on any atom is -0.334 e. The molecule has 0 spiro atoms. The van der Waals surface area contributed by atoms with E-state index < -0.39 is 0 Å². The molecular weight excluding hydrogens is 773 g/mol. The zero-order valence-corrected chi connectivity index (χ0v) is 40.9. The normalized spacial score (nSPS) is 20.1. The molecule has 3 aliphatic heterocycles. The summed E-state index contributed by atoms with van der Waals surface area (Å²) in [5.41, 5.74) is 21.5. The van der Waals surface area contributed by atoms with Crippen LogP contribution in [0.25, 0.3) is 0 Å². The van der Waals surface area contributed by atoms with Crippen molar-refractivity contribution in [3.05, 3.63) is 149 Å². The Morgan fingerprint density at radius 3 is 1.61 bits per heavy atom. The van der Waals surface area contributed by atoms with Crippen LogP contribution in [0.4, 0.5) is 45.5 Å². The fourth-order valence-electron chi connectivity index (χ4n) is 12.0. The molecule has 1 saturated carbocycles. The van der Waals surface area contributed by atoms with E-state index in [1.165, 1.54) is 128 Å². The maximum atomic E-state index is 2.78. The number of unbranched alkanes of at least 4 members (excludes halogenated alkanes) is 1. The van der Waals surface area contributed by atoms with Gasteiger partial charge in [0.05, 0.1) is 5.54 Å². The summed E-state index contributed by atoms with van der Waals surface area (Å²) >= 11 is 0.